The molecule has 0 aromatic heterocycles. The quantitative estimate of drug-likeness (QED) is 0.140. The third-order valence-corrected chi connectivity index (χ3v) is 8.53. The van der Waals surface area contributed by atoms with Crippen LogP contribution in [0.5, 0.6) is 11.5 Å². The minimum atomic E-state index is -2.28. The number of nitrogens with zero attached hydrogens (tertiary/aromatic N) is 1. The van der Waals surface area contributed by atoms with Crippen LogP contribution >= 0.6 is 8.60 Å². The second kappa shape index (κ2) is 20.2. The Labute approximate surface area is 245 Å². The summed E-state index contributed by atoms with van der Waals surface area (Å²) in [5.41, 5.74) is 1.49. The van der Waals surface area contributed by atoms with E-state index in [9.17, 15) is 10.3 Å². The van der Waals surface area contributed by atoms with Crippen LogP contribution < -0.4 is 4.52 Å². The highest BCUT2D eigenvalue weighted by atomic mass is 31.2. The van der Waals surface area contributed by atoms with Crippen molar-refractivity contribution in [2.45, 2.75) is 124 Å². The van der Waals surface area contributed by atoms with Crippen LogP contribution in [0, 0.1) is 5.41 Å². The van der Waals surface area contributed by atoms with Crippen LogP contribution in [0.25, 0.3) is 0 Å². The first kappa shape index (κ1) is 36.3. The van der Waals surface area contributed by atoms with Gasteiger partial charge in [0.05, 0.1) is 0 Å². The second-order valence-corrected chi connectivity index (χ2v) is 12.6. The normalized spacial score (nSPS) is 15.9. The van der Waals surface area contributed by atoms with Crippen molar-refractivity contribution in [3.8, 4) is 11.5 Å². The summed E-state index contributed by atoms with van der Waals surface area (Å²) in [7, 11) is -2.28. The summed E-state index contributed by atoms with van der Waals surface area (Å²) in [5.74, 6) is 0.838. The molecule has 0 spiro atoms. The summed E-state index contributed by atoms with van der Waals surface area (Å²) in [6.45, 7) is 11.7. The second-order valence-electron chi connectivity index (χ2n) is 11.9. The van der Waals surface area contributed by atoms with Crippen LogP contribution in [0.3, 0.4) is 0 Å². The van der Waals surface area contributed by atoms with Gasteiger partial charge in [0.2, 0.25) is 0 Å². The Morgan fingerprint density at radius 1 is 0.775 bits per heavy atom. The highest BCUT2D eigenvalue weighted by molar-refractivity contribution is 7.39. The molecule has 0 saturated carbocycles. The third kappa shape index (κ3) is 15.3. The minimum absolute atomic E-state index is 0.0781. The summed E-state index contributed by atoms with van der Waals surface area (Å²) in [6.07, 6.45) is 17.3. The molecule has 2 aromatic carbocycles. The van der Waals surface area contributed by atoms with Crippen LogP contribution in [0.4, 0.5) is 0 Å². The zero-order valence-corrected chi connectivity index (χ0v) is 26.6. The molecule has 1 heterocycles. The van der Waals surface area contributed by atoms with E-state index in [4.69, 9.17) is 9.79 Å². The fourth-order valence-electron chi connectivity index (χ4n) is 4.66. The van der Waals surface area contributed by atoms with E-state index < -0.39 is 8.60 Å². The molecule has 2 aromatic rings. The molecule has 3 rings (SSSR count). The number of piperidine rings is 1. The van der Waals surface area contributed by atoms with E-state index in [1.54, 1.807) is 36.4 Å². The number of aryl methyl sites for hydroxylation is 1. The number of phenols is 1. The topological polar surface area (TPSA) is 93.4 Å². The maximum Gasteiger partial charge on any atom is 0.391 e. The van der Waals surface area contributed by atoms with Gasteiger partial charge in [0.15, 0.2) is 0 Å². The SMILES string of the molecule is CC1(C)CCCN(O)C1(C)C.CCCCCCCCCCCCc1ccc(O)cc1.OP(O)Oc1ccccc1. The molecule has 1 saturated heterocycles. The van der Waals surface area contributed by atoms with Crippen molar-refractivity contribution in [2.75, 3.05) is 6.54 Å². The van der Waals surface area contributed by atoms with Gasteiger partial charge in [-0.2, -0.15) is 5.06 Å². The summed E-state index contributed by atoms with van der Waals surface area (Å²) in [4.78, 5) is 16.8. The highest BCUT2D eigenvalue weighted by Gasteiger charge is 2.43. The van der Waals surface area contributed by atoms with E-state index in [0.29, 0.717) is 11.5 Å². The van der Waals surface area contributed by atoms with E-state index in [2.05, 4.69) is 39.1 Å². The van der Waals surface area contributed by atoms with Crippen LogP contribution in [0.2, 0.25) is 0 Å². The largest absolute Gasteiger partial charge is 0.508 e. The maximum absolute atomic E-state index is 9.61. The van der Waals surface area contributed by atoms with Crippen molar-refractivity contribution in [3.05, 3.63) is 60.2 Å². The van der Waals surface area contributed by atoms with Crippen molar-refractivity contribution >= 4 is 8.60 Å². The molecule has 7 heteroatoms. The van der Waals surface area contributed by atoms with Gasteiger partial charge in [0, 0.05) is 12.1 Å². The molecule has 0 radical (unpaired) electrons. The monoisotopic (exact) mass is 577 g/mol. The highest BCUT2D eigenvalue weighted by Crippen LogP contribution is 2.42. The Morgan fingerprint density at radius 3 is 1.77 bits per heavy atom. The number of unbranched alkanes of at least 4 members (excludes halogenated alkanes) is 9. The van der Waals surface area contributed by atoms with Gasteiger partial charge < -0.3 is 24.6 Å². The van der Waals surface area contributed by atoms with Gasteiger partial charge in [-0.05, 0) is 74.8 Å². The predicted octanol–water partition coefficient (Wildman–Crippen LogP) is 9.41. The number of benzene rings is 2. The van der Waals surface area contributed by atoms with E-state index in [1.165, 1.54) is 81.3 Å². The average molecular weight is 578 g/mol. The summed E-state index contributed by atoms with van der Waals surface area (Å²) in [5, 5.41) is 20.3. The van der Waals surface area contributed by atoms with Crippen molar-refractivity contribution in [3.63, 3.8) is 0 Å². The average Bonchev–Trinajstić information content (AvgIpc) is 2.91. The molecule has 40 heavy (non-hydrogen) atoms. The zero-order chi connectivity index (χ0) is 29.9. The Bertz CT molecular complexity index is 874. The fraction of sp³-hybridized carbons (Fsp3) is 0.636. The number of hydrogen-bond acceptors (Lipinski definition) is 6. The maximum atomic E-state index is 9.61. The summed E-state index contributed by atoms with van der Waals surface area (Å²) < 4.78 is 4.59. The van der Waals surface area contributed by atoms with Gasteiger partial charge in [0.25, 0.3) is 0 Å². The van der Waals surface area contributed by atoms with Gasteiger partial charge >= 0.3 is 8.60 Å². The Balaban J connectivity index is 0.000000323. The first-order valence-corrected chi connectivity index (χ1v) is 16.3. The van der Waals surface area contributed by atoms with E-state index in [0.717, 1.165) is 19.4 Å². The molecule has 0 aliphatic carbocycles. The zero-order valence-electron chi connectivity index (χ0n) is 25.7. The number of para-hydroxylation sites is 1. The van der Waals surface area contributed by atoms with Crippen LogP contribution in [0.1, 0.15) is 117 Å². The molecule has 228 valence electrons. The molecule has 1 aliphatic heterocycles. The molecule has 1 fully saturated rings. The minimum Gasteiger partial charge on any atom is -0.508 e. The number of phenolic OH excluding ortho intramolecular Hbond substituents is 1. The van der Waals surface area contributed by atoms with E-state index >= 15 is 0 Å². The lowest BCUT2D eigenvalue weighted by Crippen LogP contribution is -2.56. The molecule has 0 atom stereocenters. The first-order valence-electron chi connectivity index (χ1n) is 15.1. The summed E-state index contributed by atoms with van der Waals surface area (Å²) in [6, 6.07) is 16.3. The number of hydroxylamine groups is 2. The molecule has 6 nitrogen and oxygen atoms in total. The van der Waals surface area contributed by atoms with Crippen LogP contribution in [-0.2, 0) is 6.42 Å². The van der Waals surface area contributed by atoms with Gasteiger partial charge in [-0.3, -0.25) is 0 Å². The lowest BCUT2D eigenvalue weighted by Gasteiger charge is -2.50. The first-order chi connectivity index (χ1) is 19.0. The Kier molecular flexibility index (Phi) is 18.4. The van der Waals surface area contributed by atoms with Gasteiger partial charge in [0.1, 0.15) is 11.5 Å². The summed E-state index contributed by atoms with van der Waals surface area (Å²) >= 11 is 0. The van der Waals surface area contributed by atoms with Crippen molar-refractivity contribution in [1.82, 2.24) is 5.06 Å². The van der Waals surface area contributed by atoms with E-state index in [-0.39, 0.29) is 11.0 Å². The van der Waals surface area contributed by atoms with Gasteiger partial charge in [-0.15, -0.1) is 0 Å². The van der Waals surface area contributed by atoms with E-state index in [1.807, 2.05) is 18.2 Å². The lowest BCUT2D eigenvalue weighted by molar-refractivity contribution is -0.218. The third-order valence-electron chi connectivity index (χ3n) is 8.16. The molecule has 4 N–H and O–H groups in total. The van der Waals surface area contributed by atoms with Gasteiger partial charge in [-0.1, -0.05) is 109 Å². The lowest BCUT2D eigenvalue weighted by atomic mass is 9.69. The fourth-order valence-corrected chi connectivity index (χ4v) is 4.97. The van der Waals surface area contributed by atoms with Crippen molar-refractivity contribution in [1.29, 1.82) is 0 Å². The Morgan fingerprint density at radius 2 is 1.30 bits per heavy atom. The number of hydrogen-bond donors (Lipinski definition) is 4. The van der Waals surface area contributed by atoms with Crippen molar-refractivity contribution < 1.29 is 24.6 Å². The van der Waals surface area contributed by atoms with Crippen LogP contribution in [0.15, 0.2) is 54.6 Å². The molecule has 0 amide bonds. The Hall–Kier alpha value is -1.69. The molecular weight excluding hydrogens is 521 g/mol. The molecule has 0 bridgehead atoms. The van der Waals surface area contributed by atoms with Crippen LogP contribution in [-0.4, -0.2) is 37.2 Å². The molecular formula is C33H56NO5P. The standard InChI is InChI=1S/C18H30O.C9H19NO.C6H7O3P/c1-2-3-4-5-6-7-8-9-10-11-12-17-13-15-18(19)16-14-17;1-8(2)6-5-7-10(11)9(8,3)4;7-10(8)9-6-4-2-1-3-5-6/h13-16,19H,2-12H2,1H3;11H,5-7H2,1-4H3;1-5,7-8H. The molecule has 0 unspecified atom stereocenters. The molecule has 1 aliphatic rings. The predicted molar refractivity (Wildman–Crippen MR) is 168 cm³/mol. The van der Waals surface area contributed by atoms with Gasteiger partial charge in [-0.25, -0.2) is 0 Å². The van der Waals surface area contributed by atoms with Crippen molar-refractivity contribution in [2.24, 2.45) is 5.41 Å². The number of aromatic hydroxyl groups is 1. The number of rotatable bonds is 13. The smallest absolute Gasteiger partial charge is 0.391 e.